The fourth-order valence-electron chi connectivity index (χ4n) is 6.91. The molecule has 0 aliphatic carbocycles. The minimum absolute atomic E-state index is 0.0194. The molecule has 2 saturated heterocycles. The topological polar surface area (TPSA) is 108 Å². The first-order valence-electron chi connectivity index (χ1n) is 14.7. The Bertz CT molecular complexity index is 1680. The standard InChI is InChI=1S/C32H33F2N5O5/c1-31(2,3)44-30(43)38-15-32(16-38)13-37(14-32)21-6-4-18(5-7-21)19-8-22-23(24(34)9-19)12-39(28(22)40)27(29(41)42)26-25-10-20(33)11-36(25)17-35-26/h4-9,17,20,27H,10-16H2,1-3H3,(H,41,42)/t20-,27?/m1/s1. The van der Waals surface area contributed by atoms with Gasteiger partial charge in [0.1, 0.15) is 17.6 Å². The summed E-state index contributed by atoms with van der Waals surface area (Å²) in [5, 5.41) is 10.1. The lowest BCUT2D eigenvalue weighted by atomic mass is 9.73. The fraction of sp³-hybridized carbons (Fsp3) is 0.438. The number of carboxylic acids is 1. The molecule has 1 N–H and O–H groups in total. The molecule has 2 fully saturated rings. The third-order valence-corrected chi connectivity index (χ3v) is 8.93. The highest BCUT2D eigenvalue weighted by molar-refractivity contribution is 6.01. The summed E-state index contributed by atoms with van der Waals surface area (Å²) in [5.74, 6) is -2.50. The molecule has 7 rings (SSSR count). The molecule has 3 aromatic rings. The van der Waals surface area contributed by atoms with Crippen LogP contribution in [0.3, 0.4) is 0 Å². The van der Waals surface area contributed by atoms with Crippen LogP contribution in [0.25, 0.3) is 11.1 Å². The number of carbonyl (C=O) groups excluding carboxylic acids is 2. The van der Waals surface area contributed by atoms with Crippen molar-refractivity contribution in [2.75, 3.05) is 31.1 Å². The van der Waals surface area contributed by atoms with Crippen LogP contribution in [0, 0.1) is 11.2 Å². The maximum Gasteiger partial charge on any atom is 0.410 e. The van der Waals surface area contributed by atoms with Gasteiger partial charge >= 0.3 is 12.1 Å². The quantitative estimate of drug-likeness (QED) is 0.459. The minimum atomic E-state index is -1.45. The van der Waals surface area contributed by atoms with Gasteiger partial charge in [-0.05, 0) is 56.2 Å². The van der Waals surface area contributed by atoms with Crippen LogP contribution in [0.15, 0.2) is 42.7 Å². The molecule has 1 spiro atoms. The normalized spacial score (nSPS) is 20.7. The first-order valence-corrected chi connectivity index (χ1v) is 14.7. The molecule has 1 aromatic heterocycles. The molecule has 230 valence electrons. The summed E-state index contributed by atoms with van der Waals surface area (Å²) in [4.78, 5) is 47.4. The third-order valence-electron chi connectivity index (χ3n) is 8.93. The Labute approximate surface area is 252 Å². The molecule has 2 atom stereocenters. The number of aliphatic carboxylic acids is 1. The van der Waals surface area contributed by atoms with Gasteiger partial charge in [-0.2, -0.15) is 0 Å². The van der Waals surface area contributed by atoms with E-state index in [-0.39, 0.29) is 47.8 Å². The SMILES string of the molecule is CC(C)(C)OC(=O)N1CC2(C1)CN(c1ccc(-c3cc(F)c4c(c3)C(=O)N(C(C(=O)O)c3ncn5c3C[C@@H](F)C5)C4)cc1)C2. The number of hydrogen-bond donors (Lipinski definition) is 1. The number of aromatic nitrogens is 2. The Balaban J connectivity index is 1.04. The van der Waals surface area contributed by atoms with Crippen molar-refractivity contribution < 1.29 is 33.0 Å². The summed E-state index contributed by atoms with van der Waals surface area (Å²) in [6.45, 7) is 8.39. The molecule has 2 aromatic carbocycles. The first kappa shape index (κ1) is 28.3. The number of likely N-dealkylation sites (tertiary alicyclic amines) is 1. The van der Waals surface area contributed by atoms with E-state index >= 15 is 4.39 Å². The number of ether oxygens (including phenoxy) is 1. The highest BCUT2D eigenvalue weighted by Gasteiger charge is 2.54. The van der Waals surface area contributed by atoms with Crippen LogP contribution < -0.4 is 4.90 Å². The molecular formula is C32H33F2N5O5. The second kappa shape index (κ2) is 9.76. The molecule has 5 heterocycles. The second-order valence-electron chi connectivity index (χ2n) is 13.4. The smallest absolute Gasteiger partial charge is 0.410 e. The molecule has 0 saturated carbocycles. The molecule has 1 unspecified atom stereocenters. The Morgan fingerprint density at radius 1 is 1.09 bits per heavy atom. The highest BCUT2D eigenvalue weighted by Crippen LogP contribution is 2.43. The number of fused-ring (bicyclic) bond motifs is 2. The van der Waals surface area contributed by atoms with E-state index in [9.17, 15) is 23.9 Å². The van der Waals surface area contributed by atoms with E-state index in [0.29, 0.717) is 29.9 Å². The molecule has 2 amide bonds. The van der Waals surface area contributed by atoms with Gasteiger partial charge in [-0.15, -0.1) is 0 Å². The zero-order chi connectivity index (χ0) is 31.1. The first-order chi connectivity index (χ1) is 20.8. The number of carboxylic acid groups (broad SMARTS) is 1. The molecule has 4 aliphatic heterocycles. The largest absolute Gasteiger partial charge is 0.479 e. The van der Waals surface area contributed by atoms with Crippen LogP contribution in [-0.4, -0.2) is 80.4 Å². The van der Waals surface area contributed by atoms with Gasteiger partial charge in [0.15, 0.2) is 6.04 Å². The van der Waals surface area contributed by atoms with Crippen LogP contribution in [0.2, 0.25) is 0 Å². The number of imidazole rings is 1. The van der Waals surface area contributed by atoms with E-state index < -0.39 is 35.5 Å². The Morgan fingerprint density at radius 2 is 1.80 bits per heavy atom. The molecule has 44 heavy (non-hydrogen) atoms. The van der Waals surface area contributed by atoms with Gasteiger partial charge in [-0.1, -0.05) is 12.1 Å². The lowest BCUT2D eigenvalue weighted by Gasteiger charge is -2.60. The minimum Gasteiger partial charge on any atom is -0.479 e. The Kier molecular flexibility index (Phi) is 6.28. The number of benzene rings is 2. The van der Waals surface area contributed by atoms with Gasteiger partial charge in [0.05, 0.1) is 25.1 Å². The summed E-state index contributed by atoms with van der Waals surface area (Å²) in [6.07, 6.45) is -0.0196. The average molecular weight is 606 g/mol. The zero-order valence-electron chi connectivity index (χ0n) is 24.7. The lowest BCUT2D eigenvalue weighted by molar-refractivity contribution is -0.142. The molecule has 10 nitrogen and oxygen atoms in total. The van der Waals surface area contributed by atoms with Crippen molar-refractivity contribution in [3.8, 4) is 11.1 Å². The summed E-state index contributed by atoms with van der Waals surface area (Å²) < 4.78 is 36.4. The van der Waals surface area contributed by atoms with Crippen molar-refractivity contribution in [2.24, 2.45) is 5.41 Å². The third kappa shape index (κ3) is 4.67. The fourth-order valence-corrected chi connectivity index (χ4v) is 6.91. The molecule has 0 bridgehead atoms. The van der Waals surface area contributed by atoms with Crippen molar-refractivity contribution in [1.29, 1.82) is 0 Å². The highest BCUT2D eigenvalue weighted by atomic mass is 19.1. The van der Waals surface area contributed by atoms with Crippen LogP contribution in [0.5, 0.6) is 0 Å². The maximum absolute atomic E-state index is 15.4. The van der Waals surface area contributed by atoms with Gasteiger partial charge in [0.2, 0.25) is 0 Å². The van der Waals surface area contributed by atoms with Gasteiger partial charge < -0.3 is 29.1 Å². The number of hydrogen-bond acceptors (Lipinski definition) is 6. The van der Waals surface area contributed by atoms with Crippen molar-refractivity contribution in [3.05, 3.63) is 71.1 Å². The number of amides is 2. The number of nitrogens with zero attached hydrogens (tertiary/aromatic N) is 5. The van der Waals surface area contributed by atoms with Gasteiger partial charge in [-0.3, -0.25) is 4.79 Å². The van der Waals surface area contributed by atoms with Crippen LogP contribution in [0.1, 0.15) is 54.1 Å². The van der Waals surface area contributed by atoms with Crippen molar-refractivity contribution in [2.45, 2.75) is 58.1 Å². The Hall–Kier alpha value is -4.48. The summed E-state index contributed by atoms with van der Waals surface area (Å²) in [6, 6.07) is 9.14. The zero-order valence-corrected chi connectivity index (χ0v) is 24.7. The molecule has 0 radical (unpaired) electrons. The van der Waals surface area contributed by atoms with Gasteiger partial charge in [0, 0.05) is 60.5 Å². The summed E-state index contributed by atoms with van der Waals surface area (Å²) >= 11 is 0. The number of carbonyl (C=O) groups is 3. The Morgan fingerprint density at radius 3 is 2.45 bits per heavy atom. The predicted molar refractivity (Wildman–Crippen MR) is 155 cm³/mol. The van der Waals surface area contributed by atoms with Crippen molar-refractivity contribution in [3.63, 3.8) is 0 Å². The van der Waals surface area contributed by atoms with E-state index in [4.69, 9.17) is 4.74 Å². The number of alkyl halides is 1. The van der Waals surface area contributed by atoms with E-state index in [2.05, 4.69) is 9.88 Å². The molecule has 4 aliphatic rings. The maximum atomic E-state index is 15.4. The van der Waals surface area contributed by atoms with Gasteiger partial charge in [-0.25, -0.2) is 23.4 Å². The lowest BCUT2D eigenvalue weighted by Crippen LogP contribution is -2.73. The monoisotopic (exact) mass is 605 g/mol. The number of rotatable bonds is 5. The van der Waals surface area contributed by atoms with Crippen molar-refractivity contribution >= 4 is 23.7 Å². The number of anilines is 1. The average Bonchev–Trinajstić information content (AvgIpc) is 3.55. The van der Waals surface area contributed by atoms with E-state index in [1.54, 1.807) is 15.5 Å². The van der Waals surface area contributed by atoms with Crippen LogP contribution >= 0.6 is 0 Å². The number of halogens is 2. The van der Waals surface area contributed by atoms with E-state index in [0.717, 1.165) is 23.7 Å². The van der Waals surface area contributed by atoms with Crippen LogP contribution in [0.4, 0.5) is 19.3 Å². The molecular weight excluding hydrogens is 572 g/mol. The second-order valence-corrected chi connectivity index (χ2v) is 13.4. The van der Waals surface area contributed by atoms with E-state index in [1.807, 2.05) is 45.0 Å². The molecule has 12 heteroatoms. The van der Waals surface area contributed by atoms with Crippen LogP contribution in [-0.2, 0) is 29.0 Å². The van der Waals surface area contributed by atoms with Crippen molar-refractivity contribution in [1.82, 2.24) is 19.4 Å². The summed E-state index contributed by atoms with van der Waals surface area (Å²) in [7, 11) is 0. The van der Waals surface area contributed by atoms with Gasteiger partial charge in [0.25, 0.3) is 5.91 Å². The summed E-state index contributed by atoms with van der Waals surface area (Å²) in [5.41, 5.74) is 2.58. The van der Waals surface area contributed by atoms with E-state index in [1.165, 1.54) is 12.4 Å². The predicted octanol–water partition coefficient (Wildman–Crippen LogP) is 4.42.